The molecule has 0 fully saturated rings. The fourth-order valence-electron chi connectivity index (χ4n) is 1.63. The van der Waals surface area contributed by atoms with Gasteiger partial charge in [0.05, 0.1) is 5.41 Å². The molecular formula is C14H22Cl2N2O. The van der Waals surface area contributed by atoms with E-state index < -0.39 is 5.41 Å². The number of carbonyl (C=O) groups is 1. The Morgan fingerprint density at radius 2 is 1.89 bits per heavy atom. The lowest BCUT2D eigenvalue weighted by Crippen LogP contribution is -2.41. The van der Waals surface area contributed by atoms with Crippen molar-refractivity contribution in [2.24, 2.45) is 5.73 Å². The average Bonchev–Trinajstić information content (AvgIpc) is 2.28. The molecule has 0 aliphatic carbocycles. The molecule has 0 aliphatic rings. The van der Waals surface area contributed by atoms with Gasteiger partial charge in [0.1, 0.15) is 0 Å². The smallest absolute Gasteiger partial charge is 0.230 e. The van der Waals surface area contributed by atoms with Crippen LogP contribution >= 0.6 is 24.0 Å². The Morgan fingerprint density at radius 1 is 1.37 bits per heavy atom. The number of halogens is 2. The van der Waals surface area contributed by atoms with E-state index in [0.717, 1.165) is 12.0 Å². The van der Waals surface area contributed by atoms with Crippen LogP contribution in [0.3, 0.4) is 0 Å². The highest BCUT2D eigenvalue weighted by Gasteiger charge is 2.29. The van der Waals surface area contributed by atoms with Crippen LogP contribution in [-0.2, 0) is 10.2 Å². The van der Waals surface area contributed by atoms with Gasteiger partial charge in [0.2, 0.25) is 5.91 Å². The van der Waals surface area contributed by atoms with E-state index in [2.05, 4.69) is 5.32 Å². The molecule has 3 N–H and O–H groups in total. The summed E-state index contributed by atoms with van der Waals surface area (Å²) in [6.07, 6.45) is 0.780. The van der Waals surface area contributed by atoms with Crippen LogP contribution in [0.2, 0.25) is 5.02 Å². The summed E-state index contributed by atoms with van der Waals surface area (Å²) in [5.41, 5.74) is 6.03. The van der Waals surface area contributed by atoms with Gasteiger partial charge in [-0.3, -0.25) is 4.79 Å². The second-order valence-electron chi connectivity index (χ2n) is 5.15. The zero-order valence-corrected chi connectivity index (χ0v) is 13.1. The molecule has 1 unspecified atom stereocenters. The lowest BCUT2D eigenvalue weighted by Gasteiger charge is -2.24. The molecule has 5 heteroatoms. The minimum atomic E-state index is -0.567. The topological polar surface area (TPSA) is 55.1 Å². The van der Waals surface area contributed by atoms with Crippen molar-refractivity contribution in [1.82, 2.24) is 5.32 Å². The summed E-state index contributed by atoms with van der Waals surface area (Å²) in [5, 5.41) is 3.59. The normalized spacial score (nSPS) is 12.5. The molecule has 1 atom stereocenters. The zero-order valence-electron chi connectivity index (χ0n) is 11.6. The van der Waals surface area contributed by atoms with E-state index in [1.165, 1.54) is 0 Å². The monoisotopic (exact) mass is 304 g/mol. The van der Waals surface area contributed by atoms with Crippen molar-refractivity contribution >= 4 is 29.9 Å². The molecule has 1 rings (SSSR count). The molecule has 0 radical (unpaired) electrons. The van der Waals surface area contributed by atoms with Gasteiger partial charge in [-0.15, -0.1) is 12.4 Å². The molecular weight excluding hydrogens is 283 g/mol. The Hall–Kier alpha value is -0.770. The van der Waals surface area contributed by atoms with Gasteiger partial charge in [-0.05, 0) is 44.9 Å². The van der Waals surface area contributed by atoms with Crippen molar-refractivity contribution in [2.75, 3.05) is 6.54 Å². The first kappa shape index (κ1) is 18.2. The van der Waals surface area contributed by atoms with Crippen LogP contribution in [0, 0.1) is 0 Å². The first-order valence-corrected chi connectivity index (χ1v) is 6.51. The SMILES string of the molecule is CC(N)CCNC(=O)C(C)(C)c1ccc(Cl)cc1.Cl. The van der Waals surface area contributed by atoms with E-state index in [4.69, 9.17) is 17.3 Å². The summed E-state index contributed by atoms with van der Waals surface area (Å²) in [5.74, 6) is 0.00507. The van der Waals surface area contributed by atoms with Crippen molar-refractivity contribution < 1.29 is 4.79 Å². The predicted molar refractivity (Wildman–Crippen MR) is 83.0 cm³/mol. The Kier molecular flexibility index (Phi) is 7.42. The maximum Gasteiger partial charge on any atom is 0.230 e. The predicted octanol–water partition coefficient (Wildman–Crippen LogP) is 2.89. The first-order chi connectivity index (χ1) is 8.34. The Labute approximate surface area is 126 Å². The van der Waals surface area contributed by atoms with Crippen LogP contribution in [0.5, 0.6) is 0 Å². The van der Waals surface area contributed by atoms with Gasteiger partial charge in [-0.25, -0.2) is 0 Å². The average molecular weight is 305 g/mol. The molecule has 0 saturated carbocycles. The molecule has 0 aliphatic heterocycles. The van der Waals surface area contributed by atoms with E-state index in [-0.39, 0.29) is 24.4 Å². The first-order valence-electron chi connectivity index (χ1n) is 6.14. The largest absolute Gasteiger partial charge is 0.355 e. The maximum absolute atomic E-state index is 12.1. The molecule has 1 aromatic rings. The number of carbonyl (C=O) groups excluding carboxylic acids is 1. The summed E-state index contributed by atoms with van der Waals surface area (Å²) in [6, 6.07) is 7.46. The highest BCUT2D eigenvalue weighted by molar-refractivity contribution is 6.30. The lowest BCUT2D eigenvalue weighted by atomic mass is 9.84. The summed E-state index contributed by atoms with van der Waals surface area (Å²) in [6.45, 7) is 6.33. The van der Waals surface area contributed by atoms with E-state index in [9.17, 15) is 4.79 Å². The van der Waals surface area contributed by atoms with Crippen LogP contribution in [0.25, 0.3) is 0 Å². The third kappa shape index (κ3) is 5.39. The number of hydrogen-bond acceptors (Lipinski definition) is 2. The molecule has 0 heterocycles. The quantitative estimate of drug-likeness (QED) is 0.879. The molecule has 0 aromatic heterocycles. The van der Waals surface area contributed by atoms with Gasteiger partial charge in [-0.2, -0.15) is 0 Å². The van der Waals surface area contributed by atoms with E-state index in [0.29, 0.717) is 11.6 Å². The van der Waals surface area contributed by atoms with Crippen molar-refractivity contribution in [1.29, 1.82) is 0 Å². The minimum Gasteiger partial charge on any atom is -0.355 e. The number of nitrogens with two attached hydrogens (primary N) is 1. The van der Waals surface area contributed by atoms with Crippen molar-refractivity contribution in [3.63, 3.8) is 0 Å². The summed E-state index contributed by atoms with van der Waals surface area (Å²) < 4.78 is 0. The zero-order chi connectivity index (χ0) is 13.8. The summed E-state index contributed by atoms with van der Waals surface area (Å²) >= 11 is 5.85. The van der Waals surface area contributed by atoms with Gasteiger partial charge in [0, 0.05) is 17.6 Å². The Balaban J connectivity index is 0.00000324. The number of nitrogens with one attached hydrogen (secondary N) is 1. The number of benzene rings is 1. The van der Waals surface area contributed by atoms with E-state index in [1.807, 2.05) is 32.9 Å². The minimum absolute atomic E-state index is 0. The Morgan fingerprint density at radius 3 is 2.37 bits per heavy atom. The third-order valence-corrected chi connectivity index (χ3v) is 3.27. The number of rotatable bonds is 5. The van der Waals surface area contributed by atoms with Crippen LogP contribution in [0.15, 0.2) is 24.3 Å². The fourth-order valence-corrected chi connectivity index (χ4v) is 1.76. The molecule has 1 amide bonds. The summed E-state index contributed by atoms with van der Waals surface area (Å²) in [7, 11) is 0. The van der Waals surface area contributed by atoms with Crippen LogP contribution in [0.4, 0.5) is 0 Å². The summed E-state index contributed by atoms with van der Waals surface area (Å²) in [4.78, 5) is 12.1. The van der Waals surface area contributed by atoms with Crippen molar-refractivity contribution in [3.8, 4) is 0 Å². The van der Waals surface area contributed by atoms with Gasteiger partial charge in [-0.1, -0.05) is 23.7 Å². The molecule has 0 saturated heterocycles. The molecule has 0 bridgehead atoms. The molecule has 108 valence electrons. The van der Waals surface area contributed by atoms with Gasteiger partial charge in [0.15, 0.2) is 0 Å². The highest BCUT2D eigenvalue weighted by atomic mass is 35.5. The van der Waals surface area contributed by atoms with Crippen molar-refractivity contribution in [2.45, 2.75) is 38.6 Å². The van der Waals surface area contributed by atoms with Crippen LogP contribution in [-0.4, -0.2) is 18.5 Å². The molecule has 0 spiro atoms. The number of hydrogen-bond donors (Lipinski definition) is 2. The molecule has 19 heavy (non-hydrogen) atoms. The van der Waals surface area contributed by atoms with Crippen LogP contribution in [0.1, 0.15) is 32.8 Å². The maximum atomic E-state index is 12.1. The highest BCUT2D eigenvalue weighted by Crippen LogP contribution is 2.24. The van der Waals surface area contributed by atoms with E-state index in [1.54, 1.807) is 12.1 Å². The molecule has 3 nitrogen and oxygen atoms in total. The second kappa shape index (κ2) is 7.73. The van der Waals surface area contributed by atoms with E-state index >= 15 is 0 Å². The number of amides is 1. The molecule has 1 aromatic carbocycles. The van der Waals surface area contributed by atoms with Gasteiger partial charge in [0.25, 0.3) is 0 Å². The van der Waals surface area contributed by atoms with Crippen molar-refractivity contribution in [3.05, 3.63) is 34.9 Å². The third-order valence-electron chi connectivity index (χ3n) is 3.02. The fraction of sp³-hybridized carbons (Fsp3) is 0.500. The Bertz CT molecular complexity index is 402. The van der Waals surface area contributed by atoms with Crippen LogP contribution < -0.4 is 11.1 Å². The van der Waals surface area contributed by atoms with Gasteiger partial charge >= 0.3 is 0 Å². The lowest BCUT2D eigenvalue weighted by molar-refractivity contribution is -0.125. The van der Waals surface area contributed by atoms with Gasteiger partial charge < -0.3 is 11.1 Å². The standard InChI is InChI=1S/C14H21ClN2O.ClH/c1-10(16)8-9-17-13(18)14(2,3)11-4-6-12(15)7-5-11;/h4-7,10H,8-9,16H2,1-3H3,(H,17,18);1H. The second-order valence-corrected chi connectivity index (χ2v) is 5.59.